The number of hydrogen-bond acceptors (Lipinski definition) is 5. The first-order valence-corrected chi connectivity index (χ1v) is 7.10. The molecule has 0 radical (unpaired) electrons. The van der Waals surface area contributed by atoms with Crippen LogP contribution in [0.3, 0.4) is 0 Å². The molecule has 0 atom stereocenters. The van der Waals surface area contributed by atoms with Crippen LogP contribution in [0, 0.1) is 10.1 Å². The standard InChI is InChI=1S/C14H17F2N3O4/c1-17(7-8-18-6-2-3-13(18)20)10-4-5-11(19(21)22)12(9-10)23-14(15)16/h4-5,9,14H,2-3,6-8H2,1H3. The van der Waals surface area contributed by atoms with Crippen molar-refractivity contribution in [2.45, 2.75) is 19.5 Å². The van der Waals surface area contributed by atoms with Gasteiger partial charge >= 0.3 is 12.3 Å². The topological polar surface area (TPSA) is 75.9 Å². The monoisotopic (exact) mass is 329 g/mol. The van der Waals surface area contributed by atoms with Gasteiger partial charge in [-0.2, -0.15) is 8.78 Å². The van der Waals surface area contributed by atoms with Crippen molar-refractivity contribution >= 4 is 17.3 Å². The van der Waals surface area contributed by atoms with E-state index >= 15 is 0 Å². The van der Waals surface area contributed by atoms with E-state index in [1.165, 1.54) is 12.1 Å². The smallest absolute Gasteiger partial charge is 0.387 e. The predicted octanol–water partition coefficient (Wildman–Crippen LogP) is 2.25. The van der Waals surface area contributed by atoms with Gasteiger partial charge in [0, 0.05) is 50.9 Å². The van der Waals surface area contributed by atoms with Crippen LogP contribution in [0.4, 0.5) is 20.2 Å². The molecule has 7 nitrogen and oxygen atoms in total. The first kappa shape index (κ1) is 16.9. The maximum Gasteiger partial charge on any atom is 0.387 e. The molecule has 0 aliphatic carbocycles. The molecule has 1 aromatic carbocycles. The van der Waals surface area contributed by atoms with Crippen LogP contribution in [-0.2, 0) is 4.79 Å². The summed E-state index contributed by atoms with van der Waals surface area (Å²) in [6.07, 6.45) is 1.39. The molecule has 1 aliphatic heterocycles. The van der Waals surface area contributed by atoms with Gasteiger partial charge in [0.1, 0.15) is 0 Å². The molecular formula is C14H17F2N3O4. The van der Waals surface area contributed by atoms with E-state index in [1.807, 2.05) is 0 Å². The fraction of sp³-hybridized carbons (Fsp3) is 0.500. The number of likely N-dealkylation sites (N-methyl/N-ethyl adjacent to an activating group) is 1. The van der Waals surface area contributed by atoms with Crippen LogP contribution in [0.2, 0.25) is 0 Å². The van der Waals surface area contributed by atoms with Crippen molar-refractivity contribution < 1.29 is 23.2 Å². The van der Waals surface area contributed by atoms with Crippen molar-refractivity contribution in [3.63, 3.8) is 0 Å². The third kappa shape index (κ3) is 4.27. The highest BCUT2D eigenvalue weighted by molar-refractivity contribution is 5.78. The summed E-state index contributed by atoms with van der Waals surface area (Å²) in [4.78, 5) is 25.1. The fourth-order valence-corrected chi connectivity index (χ4v) is 2.42. The number of carbonyl (C=O) groups is 1. The minimum atomic E-state index is -3.14. The Morgan fingerprint density at radius 1 is 1.48 bits per heavy atom. The maximum absolute atomic E-state index is 12.4. The van der Waals surface area contributed by atoms with E-state index in [4.69, 9.17) is 0 Å². The molecule has 0 saturated carbocycles. The van der Waals surface area contributed by atoms with Crippen molar-refractivity contribution in [1.29, 1.82) is 0 Å². The van der Waals surface area contributed by atoms with Gasteiger partial charge in [0.05, 0.1) is 4.92 Å². The number of ether oxygens (including phenoxy) is 1. The van der Waals surface area contributed by atoms with E-state index < -0.39 is 23.0 Å². The number of likely N-dealkylation sites (tertiary alicyclic amines) is 1. The minimum Gasteiger partial charge on any atom is -0.427 e. The van der Waals surface area contributed by atoms with Crippen LogP contribution in [0.15, 0.2) is 18.2 Å². The van der Waals surface area contributed by atoms with Crippen LogP contribution < -0.4 is 9.64 Å². The van der Waals surface area contributed by atoms with Crippen molar-refractivity contribution in [2.24, 2.45) is 0 Å². The molecule has 2 rings (SSSR count). The van der Waals surface area contributed by atoms with Gasteiger partial charge in [0.15, 0.2) is 0 Å². The summed E-state index contributed by atoms with van der Waals surface area (Å²) in [7, 11) is 1.72. The van der Waals surface area contributed by atoms with Crippen molar-refractivity contribution in [1.82, 2.24) is 4.90 Å². The Balaban J connectivity index is 2.08. The molecule has 23 heavy (non-hydrogen) atoms. The number of nitro benzene ring substituents is 1. The minimum absolute atomic E-state index is 0.101. The summed E-state index contributed by atoms with van der Waals surface area (Å²) in [5.74, 6) is -0.379. The lowest BCUT2D eigenvalue weighted by Crippen LogP contribution is -2.33. The number of amides is 1. The molecule has 1 aromatic rings. The number of carbonyl (C=O) groups excluding carboxylic acids is 1. The zero-order valence-corrected chi connectivity index (χ0v) is 12.6. The molecule has 0 N–H and O–H groups in total. The molecule has 0 unspecified atom stereocenters. The van der Waals surface area contributed by atoms with Gasteiger partial charge in [-0.15, -0.1) is 0 Å². The van der Waals surface area contributed by atoms with Gasteiger partial charge in [-0.05, 0) is 12.5 Å². The van der Waals surface area contributed by atoms with Crippen molar-refractivity contribution in [3.05, 3.63) is 28.3 Å². The average molecular weight is 329 g/mol. The first-order valence-electron chi connectivity index (χ1n) is 7.10. The van der Waals surface area contributed by atoms with Gasteiger partial charge in [-0.25, -0.2) is 0 Å². The normalized spacial score (nSPS) is 14.4. The molecule has 1 heterocycles. The average Bonchev–Trinajstić information content (AvgIpc) is 2.89. The second kappa shape index (κ2) is 7.21. The molecule has 1 aliphatic rings. The largest absolute Gasteiger partial charge is 0.427 e. The van der Waals surface area contributed by atoms with Gasteiger partial charge in [-0.3, -0.25) is 14.9 Å². The number of alkyl halides is 2. The number of halogens is 2. The highest BCUT2D eigenvalue weighted by Gasteiger charge is 2.22. The SMILES string of the molecule is CN(CCN1CCCC1=O)c1ccc([N+](=O)[O-])c(OC(F)F)c1. The van der Waals surface area contributed by atoms with E-state index in [9.17, 15) is 23.7 Å². The van der Waals surface area contributed by atoms with Crippen LogP contribution >= 0.6 is 0 Å². The van der Waals surface area contributed by atoms with Crippen LogP contribution in [0.25, 0.3) is 0 Å². The second-order valence-electron chi connectivity index (χ2n) is 5.19. The van der Waals surface area contributed by atoms with E-state index in [1.54, 1.807) is 16.8 Å². The van der Waals surface area contributed by atoms with Crippen molar-refractivity contribution in [3.8, 4) is 5.75 Å². The fourth-order valence-electron chi connectivity index (χ4n) is 2.42. The van der Waals surface area contributed by atoms with Gasteiger partial charge in [0.25, 0.3) is 0 Å². The third-order valence-corrected chi connectivity index (χ3v) is 3.67. The number of anilines is 1. The predicted molar refractivity (Wildman–Crippen MR) is 78.8 cm³/mol. The van der Waals surface area contributed by atoms with Gasteiger partial charge in [-0.1, -0.05) is 0 Å². The zero-order valence-electron chi connectivity index (χ0n) is 12.6. The number of rotatable bonds is 7. The Morgan fingerprint density at radius 2 is 2.22 bits per heavy atom. The van der Waals surface area contributed by atoms with E-state index in [0.717, 1.165) is 12.5 Å². The highest BCUT2D eigenvalue weighted by atomic mass is 19.3. The molecule has 0 spiro atoms. The summed E-state index contributed by atoms with van der Waals surface area (Å²) in [6, 6.07) is 3.79. The van der Waals surface area contributed by atoms with Crippen molar-refractivity contribution in [2.75, 3.05) is 31.6 Å². The highest BCUT2D eigenvalue weighted by Crippen LogP contribution is 2.32. The summed E-state index contributed by atoms with van der Waals surface area (Å²) >= 11 is 0. The lowest BCUT2D eigenvalue weighted by atomic mass is 10.2. The zero-order chi connectivity index (χ0) is 17.0. The molecule has 1 saturated heterocycles. The van der Waals surface area contributed by atoms with Gasteiger partial charge in [0.2, 0.25) is 11.7 Å². The lowest BCUT2D eigenvalue weighted by Gasteiger charge is -2.23. The number of nitro groups is 1. The number of benzene rings is 1. The molecule has 9 heteroatoms. The van der Waals surface area contributed by atoms with E-state index in [-0.39, 0.29) is 5.91 Å². The first-order chi connectivity index (χ1) is 10.9. The van der Waals surface area contributed by atoms with Gasteiger partial charge < -0.3 is 14.5 Å². The second-order valence-corrected chi connectivity index (χ2v) is 5.19. The van der Waals surface area contributed by atoms with E-state index in [0.29, 0.717) is 31.7 Å². The Morgan fingerprint density at radius 3 is 2.78 bits per heavy atom. The number of hydrogen-bond donors (Lipinski definition) is 0. The summed E-state index contributed by atoms with van der Waals surface area (Å²) in [5, 5.41) is 10.8. The molecule has 0 aromatic heterocycles. The molecule has 126 valence electrons. The van der Waals surface area contributed by atoms with Crippen LogP contribution in [0.5, 0.6) is 5.75 Å². The summed E-state index contributed by atoms with van der Waals surface area (Å²) in [5.41, 5.74) is -0.0185. The maximum atomic E-state index is 12.4. The molecule has 1 amide bonds. The van der Waals surface area contributed by atoms with Crippen LogP contribution in [0.1, 0.15) is 12.8 Å². The number of nitrogens with zero attached hydrogens (tertiary/aromatic N) is 3. The van der Waals surface area contributed by atoms with E-state index in [2.05, 4.69) is 4.74 Å². The molecule has 0 bridgehead atoms. The Hall–Kier alpha value is -2.45. The summed E-state index contributed by atoms with van der Waals surface area (Å²) in [6.45, 7) is -1.43. The quantitative estimate of drug-likeness (QED) is 0.566. The molecular weight excluding hydrogens is 312 g/mol. The Labute approximate surface area is 131 Å². The third-order valence-electron chi connectivity index (χ3n) is 3.67. The Kier molecular flexibility index (Phi) is 5.30. The summed E-state index contributed by atoms with van der Waals surface area (Å²) < 4.78 is 29.0. The Bertz CT molecular complexity index is 597. The molecule has 1 fully saturated rings. The lowest BCUT2D eigenvalue weighted by molar-refractivity contribution is -0.386. The van der Waals surface area contributed by atoms with Crippen LogP contribution in [-0.4, -0.2) is 49.0 Å².